The van der Waals surface area contributed by atoms with Crippen molar-refractivity contribution in [2.45, 2.75) is 69.9 Å². The molecular weight excluding hydrogens is 224 g/mol. The third-order valence-corrected chi connectivity index (χ3v) is 4.25. The van der Waals surface area contributed by atoms with Crippen LogP contribution in [0.5, 0.6) is 0 Å². The Morgan fingerprint density at radius 3 is 2.39 bits per heavy atom. The van der Waals surface area contributed by atoms with E-state index in [0.717, 1.165) is 32.3 Å². The summed E-state index contributed by atoms with van der Waals surface area (Å²) in [7, 11) is 0. The minimum Gasteiger partial charge on any atom is -0.378 e. The summed E-state index contributed by atoms with van der Waals surface area (Å²) >= 11 is 0. The molecule has 106 valence electrons. The Kier molecular flexibility index (Phi) is 7.06. The summed E-state index contributed by atoms with van der Waals surface area (Å²) in [6.07, 6.45) is 12.6. The van der Waals surface area contributed by atoms with Gasteiger partial charge in [-0.1, -0.05) is 25.7 Å². The van der Waals surface area contributed by atoms with Gasteiger partial charge in [0.2, 0.25) is 0 Å². The molecule has 0 amide bonds. The predicted octanol–water partition coefficient (Wildman–Crippen LogP) is 2.46. The molecule has 2 N–H and O–H groups in total. The molecule has 0 aromatic heterocycles. The van der Waals surface area contributed by atoms with Gasteiger partial charge < -0.3 is 15.4 Å². The molecule has 1 heterocycles. The first-order valence-corrected chi connectivity index (χ1v) is 8.01. The maximum absolute atomic E-state index is 5.92. The molecule has 3 nitrogen and oxygen atoms in total. The van der Waals surface area contributed by atoms with Gasteiger partial charge >= 0.3 is 0 Å². The number of rotatable bonds is 6. The Labute approximate surface area is 112 Å². The number of ether oxygens (including phenoxy) is 1. The van der Waals surface area contributed by atoms with Gasteiger partial charge in [0.05, 0.1) is 6.10 Å². The normalized spacial score (nSPS) is 24.0. The molecule has 1 saturated heterocycles. The zero-order chi connectivity index (χ0) is 12.5. The highest BCUT2D eigenvalue weighted by atomic mass is 16.5. The lowest BCUT2D eigenvalue weighted by Gasteiger charge is -2.23. The van der Waals surface area contributed by atoms with Crippen LogP contribution in [-0.4, -0.2) is 38.4 Å². The van der Waals surface area contributed by atoms with Crippen molar-refractivity contribution < 1.29 is 4.74 Å². The molecule has 0 unspecified atom stereocenters. The van der Waals surface area contributed by atoms with E-state index in [1.54, 1.807) is 0 Å². The van der Waals surface area contributed by atoms with Crippen molar-refractivity contribution in [1.82, 2.24) is 10.6 Å². The second-order valence-electron chi connectivity index (χ2n) is 5.82. The molecule has 0 radical (unpaired) electrons. The van der Waals surface area contributed by atoms with E-state index in [1.807, 2.05) is 0 Å². The van der Waals surface area contributed by atoms with Crippen LogP contribution in [0.15, 0.2) is 0 Å². The van der Waals surface area contributed by atoms with Gasteiger partial charge in [-0.2, -0.15) is 0 Å². The van der Waals surface area contributed by atoms with Gasteiger partial charge in [-0.25, -0.2) is 0 Å². The minimum atomic E-state index is 0.518. The maximum atomic E-state index is 5.92. The van der Waals surface area contributed by atoms with Crippen LogP contribution < -0.4 is 10.6 Å². The average Bonchev–Trinajstić information content (AvgIpc) is 2.68. The molecule has 0 aromatic carbocycles. The SMILES string of the molecule is C1CCCC(NCCCOC2CCNCC2)CC1. The van der Waals surface area contributed by atoms with E-state index in [2.05, 4.69) is 10.6 Å². The first-order valence-electron chi connectivity index (χ1n) is 8.01. The lowest BCUT2D eigenvalue weighted by atomic mass is 10.1. The summed E-state index contributed by atoms with van der Waals surface area (Å²) in [5, 5.41) is 7.08. The van der Waals surface area contributed by atoms with Gasteiger partial charge in [-0.15, -0.1) is 0 Å². The highest BCUT2D eigenvalue weighted by molar-refractivity contribution is 4.71. The summed E-state index contributed by atoms with van der Waals surface area (Å²) in [4.78, 5) is 0. The number of nitrogens with one attached hydrogen (secondary N) is 2. The van der Waals surface area contributed by atoms with E-state index < -0.39 is 0 Å². The van der Waals surface area contributed by atoms with Crippen LogP contribution in [0, 0.1) is 0 Å². The van der Waals surface area contributed by atoms with Gasteiger partial charge in [0.1, 0.15) is 0 Å². The standard InChI is InChI=1S/C15H30N2O/c1-2-4-7-14(6-3-1)17-10-5-13-18-15-8-11-16-12-9-15/h14-17H,1-13H2. The first-order chi connectivity index (χ1) is 8.95. The van der Waals surface area contributed by atoms with Crippen molar-refractivity contribution in [2.75, 3.05) is 26.2 Å². The molecule has 1 aliphatic heterocycles. The smallest absolute Gasteiger partial charge is 0.0599 e. The van der Waals surface area contributed by atoms with Gasteiger partial charge in [0.25, 0.3) is 0 Å². The third-order valence-electron chi connectivity index (χ3n) is 4.25. The molecule has 3 heteroatoms. The summed E-state index contributed by atoms with van der Waals surface area (Å²) in [5.74, 6) is 0. The summed E-state index contributed by atoms with van der Waals surface area (Å²) in [6, 6.07) is 0.784. The lowest BCUT2D eigenvalue weighted by Crippen LogP contribution is -2.33. The summed E-state index contributed by atoms with van der Waals surface area (Å²) in [6.45, 7) is 4.33. The van der Waals surface area contributed by atoms with E-state index in [1.165, 1.54) is 57.8 Å². The van der Waals surface area contributed by atoms with Gasteiger partial charge in [-0.05, 0) is 51.7 Å². The van der Waals surface area contributed by atoms with Crippen LogP contribution in [-0.2, 0) is 4.74 Å². The van der Waals surface area contributed by atoms with Crippen molar-refractivity contribution in [3.63, 3.8) is 0 Å². The van der Waals surface area contributed by atoms with E-state index in [9.17, 15) is 0 Å². The van der Waals surface area contributed by atoms with Crippen LogP contribution >= 0.6 is 0 Å². The molecular formula is C15H30N2O. The summed E-state index contributed by atoms with van der Waals surface area (Å²) < 4.78 is 5.92. The van der Waals surface area contributed by atoms with Gasteiger partial charge in [0.15, 0.2) is 0 Å². The molecule has 0 bridgehead atoms. The quantitative estimate of drug-likeness (QED) is 0.564. The van der Waals surface area contributed by atoms with Crippen LogP contribution in [0.25, 0.3) is 0 Å². The highest BCUT2D eigenvalue weighted by Crippen LogP contribution is 2.17. The Balaban J connectivity index is 1.45. The monoisotopic (exact) mass is 254 g/mol. The fourth-order valence-electron chi connectivity index (χ4n) is 3.07. The van der Waals surface area contributed by atoms with Crippen molar-refractivity contribution >= 4 is 0 Å². The fourth-order valence-corrected chi connectivity index (χ4v) is 3.07. The fraction of sp³-hybridized carbons (Fsp3) is 1.00. The Hall–Kier alpha value is -0.120. The minimum absolute atomic E-state index is 0.518. The van der Waals surface area contributed by atoms with Gasteiger partial charge in [-0.3, -0.25) is 0 Å². The Morgan fingerprint density at radius 2 is 1.67 bits per heavy atom. The van der Waals surface area contributed by atoms with Crippen LogP contribution in [0.2, 0.25) is 0 Å². The molecule has 1 aliphatic carbocycles. The first kappa shape index (κ1) is 14.3. The number of hydrogen-bond acceptors (Lipinski definition) is 3. The maximum Gasteiger partial charge on any atom is 0.0599 e. The van der Waals surface area contributed by atoms with Crippen molar-refractivity contribution in [1.29, 1.82) is 0 Å². The van der Waals surface area contributed by atoms with Gasteiger partial charge in [0, 0.05) is 12.6 Å². The molecule has 2 fully saturated rings. The van der Waals surface area contributed by atoms with Crippen molar-refractivity contribution in [3.05, 3.63) is 0 Å². The molecule has 2 rings (SSSR count). The van der Waals surface area contributed by atoms with E-state index >= 15 is 0 Å². The molecule has 0 aromatic rings. The largest absolute Gasteiger partial charge is 0.378 e. The number of piperidine rings is 1. The lowest BCUT2D eigenvalue weighted by molar-refractivity contribution is 0.0315. The third kappa shape index (κ3) is 5.68. The highest BCUT2D eigenvalue weighted by Gasteiger charge is 2.13. The summed E-state index contributed by atoms with van der Waals surface area (Å²) in [5.41, 5.74) is 0. The topological polar surface area (TPSA) is 33.3 Å². The zero-order valence-corrected chi connectivity index (χ0v) is 11.8. The molecule has 0 atom stereocenters. The second-order valence-corrected chi connectivity index (χ2v) is 5.82. The van der Waals surface area contributed by atoms with E-state index in [0.29, 0.717) is 6.10 Å². The van der Waals surface area contributed by atoms with Crippen LogP contribution in [0.1, 0.15) is 57.8 Å². The number of hydrogen-bond donors (Lipinski definition) is 2. The zero-order valence-electron chi connectivity index (χ0n) is 11.8. The predicted molar refractivity (Wildman–Crippen MR) is 76.0 cm³/mol. The van der Waals surface area contributed by atoms with Crippen LogP contribution in [0.3, 0.4) is 0 Å². The molecule has 18 heavy (non-hydrogen) atoms. The average molecular weight is 254 g/mol. The van der Waals surface area contributed by atoms with E-state index in [-0.39, 0.29) is 0 Å². The molecule has 0 spiro atoms. The Morgan fingerprint density at radius 1 is 0.944 bits per heavy atom. The molecule has 1 saturated carbocycles. The van der Waals surface area contributed by atoms with E-state index in [4.69, 9.17) is 4.74 Å². The Bertz CT molecular complexity index is 197. The second kappa shape index (κ2) is 8.89. The molecule has 2 aliphatic rings. The van der Waals surface area contributed by atoms with Crippen molar-refractivity contribution in [2.24, 2.45) is 0 Å². The van der Waals surface area contributed by atoms with Crippen LogP contribution in [0.4, 0.5) is 0 Å². The van der Waals surface area contributed by atoms with Crippen molar-refractivity contribution in [3.8, 4) is 0 Å².